The summed E-state index contributed by atoms with van der Waals surface area (Å²) < 4.78 is 0. The number of anilines is 4. The maximum absolute atomic E-state index is 10.8. The van der Waals surface area contributed by atoms with E-state index in [1.54, 1.807) is 0 Å². The molecule has 3 N–H and O–H groups in total. The van der Waals surface area contributed by atoms with Crippen molar-refractivity contribution < 1.29 is 20.3 Å². The summed E-state index contributed by atoms with van der Waals surface area (Å²) in [7, 11) is 0. The van der Waals surface area contributed by atoms with E-state index < -0.39 is 0 Å². The molecule has 0 aromatic heterocycles. The highest BCUT2D eigenvalue weighted by molar-refractivity contribution is 5.93. The molecular weight excluding hydrogens is 248 g/mol. The summed E-state index contributed by atoms with van der Waals surface area (Å²) in [6.45, 7) is 0. The van der Waals surface area contributed by atoms with Gasteiger partial charge in [-0.25, -0.2) is 10.1 Å². The van der Waals surface area contributed by atoms with E-state index in [2.05, 4.69) is 0 Å². The lowest BCUT2D eigenvalue weighted by molar-refractivity contribution is 0.112. The van der Waals surface area contributed by atoms with Crippen LogP contribution < -0.4 is 10.1 Å². The lowest BCUT2D eigenvalue weighted by atomic mass is 10.1. The van der Waals surface area contributed by atoms with Crippen molar-refractivity contribution in [3.8, 4) is 5.75 Å². The van der Waals surface area contributed by atoms with Crippen LogP contribution in [0.2, 0.25) is 0 Å². The van der Waals surface area contributed by atoms with E-state index in [0.717, 1.165) is 10.1 Å². The molecule has 0 unspecified atom stereocenters. The predicted octanol–water partition coefficient (Wildman–Crippen LogP) is 2.57. The number of aldehydes is 1. The van der Waals surface area contributed by atoms with Crippen LogP contribution in [0.1, 0.15) is 10.4 Å². The van der Waals surface area contributed by atoms with E-state index in [4.69, 9.17) is 0 Å². The van der Waals surface area contributed by atoms with Crippen LogP contribution in [0.5, 0.6) is 5.75 Å². The molecular formula is C13H10N2O4. The molecule has 0 saturated heterocycles. The van der Waals surface area contributed by atoms with Crippen molar-refractivity contribution in [3.05, 3.63) is 42.0 Å². The molecule has 0 aliphatic carbocycles. The first kappa shape index (κ1) is 11.5. The zero-order valence-corrected chi connectivity index (χ0v) is 9.69. The third-order valence-corrected chi connectivity index (χ3v) is 3.01. The molecule has 0 bridgehead atoms. The van der Waals surface area contributed by atoms with Crippen molar-refractivity contribution in [1.29, 1.82) is 0 Å². The van der Waals surface area contributed by atoms with E-state index in [9.17, 15) is 20.3 Å². The van der Waals surface area contributed by atoms with Gasteiger partial charge in [0.05, 0.1) is 22.7 Å². The Morgan fingerprint density at radius 3 is 2.05 bits per heavy atom. The Morgan fingerprint density at radius 2 is 1.42 bits per heavy atom. The van der Waals surface area contributed by atoms with E-state index in [1.807, 2.05) is 0 Å². The van der Waals surface area contributed by atoms with Gasteiger partial charge in [0.15, 0.2) is 0 Å². The van der Waals surface area contributed by atoms with Crippen LogP contribution in [0.15, 0.2) is 36.4 Å². The van der Waals surface area contributed by atoms with Gasteiger partial charge in [-0.1, -0.05) is 0 Å². The van der Waals surface area contributed by atoms with Crippen LogP contribution in [0.4, 0.5) is 22.7 Å². The molecule has 6 heteroatoms. The van der Waals surface area contributed by atoms with Crippen molar-refractivity contribution in [2.24, 2.45) is 0 Å². The molecule has 6 nitrogen and oxygen atoms in total. The van der Waals surface area contributed by atoms with Gasteiger partial charge in [0.25, 0.3) is 0 Å². The van der Waals surface area contributed by atoms with Gasteiger partial charge in [0.1, 0.15) is 12.0 Å². The maximum Gasteiger partial charge on any atom is 0.150 e. The molecule has 0 amide bonds. The van der Waals surface area contributed by atoms with Gasteiger partial charge < -0.3 is 5.11 Å². The number of carbonyl (C=O) groups excluding carboxylic acids is 1. The molecule has 0 spiro atoms. The number of carbonyl (C=O) groups is 1. The molecule has 1 heterocycles. The Labute approximate surface area is 108 Å². The fourth-order valence-electron chi connectivity index (χ4n) is 2.08. The average Bonchev–Trinajstić information content (AvgIpc) is 2.44. The third-order valence-electron chi connectivity index (χ3n) is 3.01. The van der Waals surface area contributed by atoms with Crippen LogP contribution in [-0.2, 0) is 0 Å². The maximum atomic E-state index is 10.8. The molecule has 96 valence electrons. The number of hydrogen-bond donors (Lipinski definition) is 3. The molecule has 1 aliphatic heterocycles. The van der Waals surface area contributed by atoms with Crippen molar-refractivity contribution in [3.63, 3.8) is 0 Å². The van der Waals surface area contributed by atoms with Crippen molar-refractivity contribution >= 4 is 29.0 Å². The highest BCUT2D eigenvalue weighted by Gasteiger charge is 2.27. The van der Waals surface area contributed by atoms with Gasteiger partial charge >= 0.3 is 0 Å². The first-order valence-corrected chi connectivity index (χ1v) is 5.52. The molecule has 19 heavy (non-hydrogen) atoms. The smallest absolute Gasteiger partial charge is 0.150 e. The van der Waals surface area contributed by atoms with Gasteiger partial charge in [-0.15, -0.1) is 0 Å². The quantitative estimate of drug-likeness (QED) is 0.682. The molecule has 0 atom stereocenters. The number of benzene rings is 2. The van der Waals surface area contributed by atoms with E-state index >= 15 is 0 Å². The zero-order chi connectivity index (χ0) is 13.6. The average molecular weight is 258 g/mol. The monoisotopic (exact) mass is 258 g/mol. The van der Waals surface area contributed by atoms with Crippen LogP contribution >= 0.6 is 0 Å². The Bertz CT molecular complexity index is 672. The Morgan fingerprint density at radius 1 is 0.842 bits per heavy atom. The highest BCUT2D eigenvalue weighted by Crippen LogP contribution is 2.47. The van der Waals surface area contributed by atoms with Crippen LogP contribution in [-0.4, -0.2) is 21.8 Å². The molecule has 0 radical (unpaired) electrons. The summed E-state index contributed by atoms with van der Waals surface area (Å²) in [6, 6.07) is 8.68. The second-order valence-corrected chi connectivity index (χ2v) is 4.16. The van der Waals surface area contributed by atoms with E-state index in [1.165, 1.54) is 36.4 Å². The number of phenols is 1. The first-order chi connectivity index (χ1) is 9.11. The molecule has 1 aliphatic rings. The van der Waals surface area contributed by atoms with Crippen LogP contribution in [0, 0.1) is 0 Å². The standard InChI is InChI=1S/C13H10N2O4/c16-7-8-1-3-10-12(5-8)14(18)11-4-2-9(17)6-13(11)15(10)19/h1-7,17-19H. The van der Waals surface area contributed by atoms with E-state index in [0.29, 0.717) is 23.2 Å². The topological polar surface area (TPSA) is 84.2 Å². The zero-order valence-electron chi connectivity index (χ0n) is 9.69. The minimum Gasteiger partial charge on any atom is -0.508 e. The van der Waals surface area contributed by atoms with E-state index in [-0.39, 0.29) is 17.1 Å². The largest absolute Gasteiger partial charge is 0.508 e. The van der Waals surface area contributed by atoms with Crippen LogP contribution in [0.25, 0.3) is 0 Å². The number of aromatic hydroxyl groups is 1. The minimum atomic E-state index is -0.0286. The summed E-state index contributed by atoms with van der Waals surface area (Å²) in [5.41, 5.74) is 1.52. The molecule has 3 rings (SSSR count). The molecule has 0 saturated carbocycles. The summed E-state index contributed by atoms with van der Waals surface area (Å²) >= 11 is 0. The Hall–Kier alpha value is -2.57. The van der Waals surface area contributed by atoms with Gasteiger partial charge in [-0.3, -0.25) is 15.2 Å². The molecule has 0 fully saturated rings. The number of rotatable bonds is 1. The van der Waals surface area contributed by atoms with Gasteiger partial charge in [0, 0.05) is 11.6 Å². The molecule has 2 aromatic carbocycles. The first-order valence-electron chi connectivity index (χ1n) is 5.52. The normalized spacial score (nSPS) is 12.9. The lowest BCUT2D eigenvalue weighted by Gasteiger charge is -2.33. The summed E-state index contributed by atoms with van der Waals surface area (Å²) in [4.78, 5) is 10.8. The minimum absolute atomic E-state index is 0.0286. The van der Waals surface area contributed by atoms with Crippen LogP contribution in [0.3, 0.4) is 0 Å². The number of nitrogens with zero attached hydrogens (tertiary/aromatic N) is 2. The summed E-state index contributed by atoms with van der Waals surface area (Å²) in [5.74, 6) is -0.0286. The number of fused-ring (bicyclic) bond motifs is 2. The van der Waals surface area contributed by atoms with Crippen molar-refractivity contribution in [2.75, 3.05) is 10.1 Å². The fourth-order valence-corrected chi connectivity index (χ4v) is 2.08. The van der Waals surface area contributed by atoms with Gasteiger partial charge in [-0.05, 0) is 30.3 Å². The summed E-state index contributed by atoms with van der Waals surface area (Å²) in [5, 5.41) is 31.4. The highest BCUT2D eigenvalue weighted by atomic mass is 16.5. The van der Waals surface area contributed by atoms with Crippen molar-refractivity contribution in [1.82, 2.24) is 0 Å². The second kappa shape index (κ2) is 3.98. The van der Waals surface area contributed by atoms with Gasteiger partial charge in [0.2, 0.25) is 0 Å². The summed E-state index contributed by atoms with van der Waals surface area (Å²) in [6.07, 6.45) is 0.655. The van der Waals surface area contributed by atoms with Crippen molar-refractivity contribution in [2.45, 2.75) is 0 Å². The number of hydrogen-bond acceptors (Lipinski definition) is 6. The third kappa shape index (κ3) is 1.62. The second-order valence-electron chi connectivity index (χ2n) is 4.16. The Balaban J connectivity index is 2.22. The van der Waals surface area contributed by atoms with Gasteiger partial charge in [-0.2, -0.15) is 0 Å². The number of phenolic OH excluding ortho intramolecular Hbond substituents is 1. The molecule has 2 aromatic rings. The predicted molar refractivity (Wildman–Crippen MR) is 67.8 cm³/mol. The Kier molecular flexibility index (Phi) is 2.41. The SMILES string of the molecule is O=Cc1ccc2c(c1)N(O)c1ccc(O)cc1N2O. The lowest BCUT2D eigenvalue weighted by Crippen LogP contribution is -2.25. The fraction of sp³-hybridized carbons (Fsp3) is 0.